The first-order valence-corrected chi connectivity index (χ1v) is 16.2. The van der Waals surface area contributed by atoms with Crippen molar-refractivity contribution >= 4 is 11.8 Å². The van der Waals surface area contributed by atoms with Crippen molar-refractivity contribution < 1.29 is 19.1 Å². The van der Waals surface area contributed by atoms with Gasteiger partial charge in [0.15, 0.2) is 6.29 Å². The van der Waals surface area contributed by atoms with E-state index in [1.54, 1.807) is 0 Å². The van der Waals surface area contributed by atoms with Crippen LogP contribution in [0.5, 0.6) is 0 Å². The van der Waals surface area contributed by atoms with E-state index < -0.39 is 0 Å². The van der Waals surface area contributed by atoms with Gasteiger partial charge in [-0.3, -0.25) is 9.59 Å². The summed E-state index contributed by atoms with van der Waals surface area (Å²) >= 11 is 0. The molecule has 7 heteroatoms. The molecule has 1 aliphatic carbocycles. The molecule has 1 saturated heterocycles. The smallest absolute Gasteiger partial charge is 0.242 e. The fourth-order valence-electron chi connectivity index (χ4n) is 5.28. The zero-order valence-corrected chi connectivity index (χ0v) is 26.1. The maximum absolute atomic E-state index is 13.2. The third-order valence-electron chi connectivity index (χ3n) is 7.97. The number of ether oxygens (including phenoxy) is 2. The summed E-state index contributed by atoms with van der Waals surface area (Å²) in [6.07, 6.45) is 23.5. The minimum Gasteiger partial charge on any atom is -0.353 e. The number of likely N-dealkylation sites (N-methyl/N-ethyl adjacent to an activating group) is 1. The van der Waals surface area contributed by atoms with E-state index >= 15 is 0 Å². The van der Waals surface area contributed by atoms with Crippen molar-refractivity contribution in [3.05, 3.63) is 24.3 Å². The summed E-state index contributed by atoms with van der Waals surface area (Å²) in [5, 5.41) is 3.05. The van der Waals surface area contributed by atoms with Gasteiger partial charge in [0.2, 0.25) is 11.8 Å². The van der Waals surface area contributed by atoms with Crippen LogP contribution in [-0.4, -0.2) is 80.9 Å². The molecule has 2 fully saturated rings. The van der Waals surface area contributed by atoms with Crippen molar-refractivity contribution in [2.45, 2.75) is 122 Å². The summed E-state index contributed by atoms with van der Waals surface area (Å²) < 4.78 is 12.3. The number of nitrogens with one attached hydrogen (secondary N) is 1. The van der Waals surface area contributed by atoms with E-state index in [-0.39, 0.29) is 29.6 Å². The number of hydrogen-bond acceptors (Lipinski definition) is 5. The van der Waals surface area contributed by atoms with Gasteiger partial charge in [0.25, 0.3) is 0 Å². The number of likely N-dealkylation sites (tertiary alicyclic amines) is 1. The monoisotopic (exact) mass is 561 g/mol. The topological polar surface area (TPSA) is 71.1 Å². The highest BCUT2D eigenvalue weighted by Crippen LogP contribution is 2.54. The van der Waals surface area contributed by atoms with Gasteiger partial charge in [-0.1, -0.05) is 38.2 Å². The number of nitrogens with zero attached hydrogens (tertiary/aromatic N) is 2. The van der Waals surface area contributed by atoms with Gasteiger partial charge < -0.3 is 24.6 Å². The van der Waals surface area contributed by atoms with E-state index in [2.05, 4.69) is 48.4 Å². The molecule has 230 valence electrons. The number of unbranched alkanes of at least 4 members (excludes halogenated alkanes) is 5. The van der Waals surface area contributed by atoms with Gasteiger partial charge in [0.05, 0.1) is 0 Å². The summed E-state index contributed by atoms with van der Waals surface area (Å²) in [5.74, 6) is 0.131. The summed E-state index contributed by atoms with van der Waals surface area (Å²) in [6.45, 7) is 7.90. The molecule has 0 unspecified atom stereocenters. The van der Waals surface area contributed by atoms with Crippen LogP contribution in [0.25, 0.3) is 0 Å². The maximum atomic E-state index is 13.2. The Balaban J connectivity index is 1.74. The molecule has 0 bridgehead atoms. The molecule has 2 rings (SSSR count). The number of hydrogen-bond donors (Lipinski definition) is 1. The highest BCUT2D eigenvalue weighted by molar-refractivity contribution is 5.88. The van der Waals surface area contributed by atoms with Crippen molar-refractivity contribution in [3.8, 4) is 0 Å². The summed E-state index contributed by atoms with van der Waals surface area (Å²) in [7, 11) is 3.99. The van der Waals surface area contributed by atoms with Gasteiger partial charge >= 0.3 is 0 Å². The number of carbonyl (C=O) groups excluding carboxylic acids is 2. The van der Waals surface area contributed by atoms with Gasteiger partial charge in [0.1, 0.15) is 6.04 Å². The summed E-state index contributed by atoms with van der Waals surface area (Å²) in [5.41, 5.74) is 0.199. The van der Waals surface area contributed by atoms with Crippen LogP contribution >= 0.6 is 0 Å². The predicted molar refractivity (Wildman–Crippen MR) is 164 cm³/mol. The van der Waals surface area contributed by atoms with Crippen molar-refractivity contribution in [3.63, 3.8) is 0 Å². The largest absolute Gasteiger partial charge is 0.353 e. The van der Waals surface area contributed by atoms with E-state index in [9.17, 15) is 9.59 Å². The molecule has 0 radical (unpaired) electrons. The Bertz CT molecular complexity index is 739. The summed E-state index contributed by atoms with van der Waals surface area (Å²) in [6, 6.07) is -0.309. The lowest BCUT2D eigenvalue weighted by Gasteiger charge is -2.24. The Kier molecular flexibility index (Phi) is 17.4. The Morgan fingerprint density at radius 1 is 0.925 bits per heavy atom. The van der Waals surface area contributed by atoms with Gasteiger partial charge in [-0.25, -0.2) is 0 Å². The molecule has 0 aromatic carbocycles. The Labute approximate surface area is 245 Å². The van der Waals surface area contributed by atoms with Gasteiger partial charge in [-0.05, 0) is 109 Å². The minimum atomic E-state index is -0.309. The molecule has 40 heavy (non-hydrogen) atoms. The lowest BCUT2D eigenvalue weighted by molar-refractivity contribution is -0.148. The molecule has 1 heterocycles. The van der Waals surface area contributed by atoms with Crippen molar-refractivity contribution in [2.75, 3.05) is 46.9 Å². The van der Waals surface area contributed by atoms with Crippen LogP contribution in [0, 0.1) is 5.41 Å². The van der Waals surface area contributed by atoms with E-state index in [0.717, 1.165) is 103 Å². The zero-order valence-electron chi connectivity index (χ0n) is 26.1. The predicted octanol–water partition coefficient (Wildman–Crippen LogP) is 6.24. The van der Waals surface area contributed by atoms with Gasteiger partial charge in [-0.2, -0.15) is 0 Å². The second-order valence-electron chi connectivity index (χ2n) is 12.0. The average Bonchev–Trinajstić information content (AvgIpc) is 3.58. The molecule has 1 atom stereocenters. The third kappa shape index (κ3) is 14.3. The highest BCUT2D eigenvalue weighted by Gasteiger charge is 2.54. The molecule has 0 aromatic rings. The standard InChI is InChI=1S/C33H59N3O4/c1-5-7-9-11-13-17-25-39-31(40-26-18-14-12-10-8-6-2)20-16-15-19-30(37)36-28-33(21-22-33)27-29(36)32(38)34-23-24-35(3)4/h7-10,29,31H,5-6,11-28H2,1-4H3,(H,34,38)/b9-7-,10-8-/t29-/m0/s1. The second-order valence-corrected chi connectivity index (χ2v) is 12.0. The fourth-order valence-corrected chi connectivity index (χ4v) is 5.28. The molecule has 1 aliphatic heterocycles. The Morgan fingerprint density at radius 3 is 2.10 bits per heavy atom. The first kappa shape index (κ1) is 34.5. The number of amides is 2. The average molecular weight is 562 g/mol. The van der Waals surface area contributed by atoms with Gasteiger partial charge in [0, 0.05) is 39.3 Å². The van der Waals surface area contributed by atoms with Crippen molar-refractivity contribution in [2.24, 2.45) is 5.41 Å². The van der Waals surface area contributed by atoms with Crippen LogP contribution < -0.4 is 5.32 Å². The number of allylic oxidation sites excluding steroid dienone is 4. The first-order chi connectivity index (χ1) is 19.4. The van der Waals surface area contributed by atoms with Crippen LogP contribution in [0.4, 0.5) is 0 Å². The minimum absolute atomic E-state index is 0.0104. The lowest BCUT2D eigenvalue weighted by atomic mass is 10.0. The second kappa shape index (κ2) is 20.2. The van der Waals surface area contributed by atoms with E-state index in [1.165, 1.54) is 0 Å². The summed E-state index contributed by atoms with van der Waals surface area (Å²) in [4.78, 5) is 30.0. The van der Waals surface area contributed by atoms with Crippen LogP contribution in [0.3, 0.4) is 0 Å². The lowest BCUT2D eigenvalue weighted by Crippen LogP contribution is -2.47. The quantitative estimate of drug-likeness (QED) is 0.0909. The molecule has 1 N–H and O–H groups in total. The highest BCUT2D eigenvalue weighted by atomic mass is 16.7. The van der Waals surface area contributed by atoms with Crippen molar-refractivity contribution in [1.82, 2.24) is 15.1 Å². The molecule has 7 nitrogen and oxygen atoms in total. The molecular weight excluding hydrogens is 502 g/mol. The maximum Gasteiger partial charge on any atom is 0.242 e. The number of rotatable bonds is 23. The number of carbonyl (C=O) groups is 2. The van der Waals surface area contributed by atoms with E-state index in [4.69, 9.17) is 9.47 Å². The van der Waals surface area contributed by atoms with E-state index in [0.29, 0.717) is 26.2 Å². The Morgan fingerprint density at radius 2 is 1.55 bits per heavy atom. The fraction of sp³-hybridized carbons (Fsp3) is 0.818. The van der Waals surface area contributed by atoms with Crippen LogP contribution in [0.1, 0.15) is 110 Å². The van der Waals surface area contributed by atoms with Crippen LogP contribution in [-0.2, 0) is 19.1 Å². The van der Waals surface area contributed by atoms with Crippen LogP contribution in [0.15, 0.2) is 24.3 Å². The third-order valence-corrected chi connectivity index (χ3v) is 7.97. The van der Waals surface area contributed by atoms with Crippen molar-refractivity contribution in [1.29, 1.82) is 0 Å². The molecular formula is C33H59N3O4. The van der Waals surface area contributed by atoms with Crippen LogP contribution in [0.2, 0.25) is 0 Å². The zero-order chi connectivity index (χ0) is 29.1. The molecule has 0 aromatic heterocycles. The van der Waals surface area contributed by atoms with Gasteiger partial charge in [-0.15, -0.1) is 0 Å². The normalized spacial score (nSPS) is 18.2. The van der Waals surface area contributed by atoms with E-state index in [1.807, 2.05) is 19.0 Å². The molecule has 2 amide bonds. The molecule has 1 spiro atoms. The molecule has 1 saturated carbocycles. The molecule has 2 aliphatic rings. The first-order valence-electron chi connectivity index (χ1n) is 16.2. The Hall–Kier alpha value is -1.70. The SMILES string of the molecule is CC/C=C\CCCCOC(CCCCC(=O)N1CC2(CC2)C[C@H]1C(=O)NCCN(C)C)OCCCC/C=C\CC.